The zero-order valence-corrected chi connectivity index (χ0v) is 17.3. The van der Waals surface area contributed by atoms with Gasteiger partial charge in [-0.2, -0.15) is 5.10 Å². The first kappa shape index (κ1) is 20.6. The Hall–Kier alpha value is -3.08. The Morgan fingerprint density at radius 1 is 1.07 bits per heavy atom. The summed E-state index contributed by atoms with van der Waals surface area (Å²) in [6.45, 7) is 7.29. The molecule has 0 radical (unpaired) electrons. The SMILES string of the molecule is CCc1nn(Cc2ccc(OCc3cccc(C)c3)cc2)c(CC)c1CC(=O)O. The number of rotatable bonds is 9. The molecule has 0 aliphatic heterocycles. The van der Waals surface area contributed by atoms with Gasteiger partial charge >= 0.3 is 5.97 Å². The minimum atomic E-state index is -0.816. The molecule has 0 bridgehead atoms. The van der Waals surface area contributed by atoms with E-state index in [1.54, 1.807) is 0 Å². The van der Waals surface area contributed by atoms with Gasteiger partial charge in [-0.25, -0.2) is 0 Å². The van der Waals surface area contributed by atoms with Crippen LogP contribution in [0.2, 0.25) is 0 Å². The van der Waals surface area contributed by atoms with Crippen molar-refractivity contribution in [2.24, 2.45) is 0 Å². The van der Waals surface area contributed by atoms with Crippen molar-refractivity contribution in [3.8, 4) is 5.75 Å². The molecule has 2 aromatic carbocycles. The first-order chi connectivity index (χ1) is 14.0. The quantitative estimate of drug-likeness (QED) is 0.579. The number of aliphatic carboxylic acids is 1. The summed E-state index contributed by atoms with van der Waals surface area (Å²) in [5, 5.41) is 13.9. The molecule has 0 amide bonds. The molecular weight excluding hydrogens is 364 g/mol. The number of ether oxygens (including phenoxy) is 1. The number of hydrogen-bond donors (Lipinski definition) is 1. The lowest BCUT2D eigenvalue weighted by Gasteiger charge is -2.10. The van der Waals surface area contributed by atoms with E-state index in [1.807, 2.05) is 48.9 Å². The van der Waals surface area contributed by atoms with Crippen LogP contribution in [0.3, 0.4) is 0 Å². The van der Waals surface area contributed by atoms with Gasteiger partial charge in [-0.05, 0) is 43.0 Å². The molecule has 0 unspecified atom stereocenters. The molecule has 0 spiro atoms. The van der Waals surface area contributed by atoms with Crippen LogP contribution < -0.4 is 4.74 Å². The normalized spacial score (nSPS) is 10.9. The van der Waals surface area contributed by atoms with E-state index in [0.717, 1.165) is 46.7 Å². The Morgan fingerprint density at radius 2 is 1.83 bits per heavy atom. The van der Waals surface area contributed by atoms with Gasteiger partial charge in [-0.1, -0.05) is 55.8 Å². The average Bonchev–Trinajstić information content (AvgIpc) is 3.03. The third kappa shape index (κ3) is 5.25. The number of aromatic nitrogens is 2. The highest BCUT2D eigenvalue weighted by molar-refractivity contribution is 5.71. The molecule has 1 aromatic heterocycles. The van der Waals surface area contributed by atoms with Crippen molar-refractivity contribution in [3.05, 3.63) is 82.2 Å². The van der Waals surface area contributed by atoms with E-state index in [2.05, 4.69) is 30.2 Å². The number of benzene rings is 2. The van der Waals surface area contributed by atoms with Crippen molar-refractivity contribution in [2.75, 3.05) is 0 Å². The van der Waals surface area contributed by atoms with Crippen LogP contribution in [0.1, 0.15) is 47.5 Å². The first-order valence-electron chi connectivity index (χ1n) is 10.1. The highest BCUT2D eigenvalue weighted by atomic mass is 16.5. The summed E-state index contributed by atoms with van der Waals surface area (Å²) in [4.78, 5) is 11.2. The van der Waals surface area contributed by atoms with Gasteiger partial charge in [0.15, 0.2) is 0 Å². The Morgan fingerprint density at radius 3 is 2.45 bits per heavy atom. The summed E-state index contributed by atoms with van der Waals surface area (Å²) >= 11 is 0. The van der Waals surface area contributed by atoms with Gasteiger partial charge in [0.1, 0.15) is 12.4 Å². The van der Waals surface area contributed by atoms with E-state index < -0.39 is 5.97 Å². The predicted molar refractivity (Wildman–Crippen MR) is 113 cm³/mol. The van der Waals surface area contributed by atoms with Crippen molar-refractivity contribution in [1.82, 2.24) is 9.78 Å². The van der Waals surface area contributed by atoms with E-state index in [1.165, 1.54) is 5.56 Å². The van der Waals surface area contributed by atoms with Gasteiger partial charge in [-0.3, -0.25) is 9.48 Å². The standard InChI is InChI=1S/C24H28N2O3/c1-4-22-21(14-24(27)28)23(5-2)26(25-22)15-18-9-11-20(12-10-18)29-16-19-8-6-7-17(3)13-19/h6-13H,4-5,14-16H2,1-3H3,(H,27,28). The van der Waals surface area contributed by atoms with Gasteiger partial charge in [0, 0.05) is 11.3 Å². The number of carbonyl (C=O) groups is 1. The third-order valence-corrected chi connectivity index (χ3v) is 4.99. The fourth-order valence-corrected chi connectivity index (χ4v) is 3.59. The van der Waals surface area contributed by atoms with Gasteiger partial charge in [0.25, 0.3) is 0 Å². The monoisotopic (exact) mass is 392 g/mol. The van der Waals surface area contributed by atoms with Gasteiger partial charge < -0.3 is 9.84 Å². The molecule has 3 rings (SSSR count). The second kappa shape index (κ2) is 9.41. The lowest BCUT2D eigenvalue weighted by atomic mass is 10.1. The Labute approximate surface area is 172 Å². The van der Waals surface area contributed by atoms with Crippen LogP contribution >= 0.6 is 0 Å². The first-order valence-corrected chi connectivity index (χ1v) is 10.1. The summed E-state index contributed by atoms with van der Waals surface area (Å²) in [6, 6.07) is 16.3. The third-order valence-electron chi connectivity index (χ3n) is 4.99. The largest absolute Gasteiger partial charge is 0.489 e. The molecule has 1 N–H and O–H groups in total. The van der Waals surface area contributed by atoms with Crippen LogP contribution in [0.5, 0.6) is 5.75 Å². The lowest BCUT2D eigenvalue weighted by molar-refractivity contribution is -0.136. The van der Waals surface area contributed by atoms with E-state index in [-0.39, 0.29) is 6.42 Å². The molecule has 152 valence electrons. The maximum atomic E-state index is 11.2. The van der Waals surface area contributed by atoms with Crippen LogP contribution in [0, 0.1) is 6.92 Å². The van der Waals surface area contributed by atoms with Crippen molar-refractivity contribution >= 4 is 5.97 Å². The van der Waals surface area contributed by atoms with Gasteiger partial charge in [0.2, 0.25) is 0 Å². The van der Waals surface area contributed by atoms with Gasteiger partial charge in [0.05, 0.1) is 18.7 Å². The molecule has 0 fully saturated rings. The zero-order valence-electron chi connectivity index (χ0n) is 17.3. The maximum absolute atomic E-state index is 11.2. The van der Waals surface area contributed by atoms with Crippen molar-refractivity contribution < 1.29 is 14.6 Å². The highest BCUT2D eigenvalue weighted by Gasteiger charge is 2.18. The summed E-state index contributed by atoms with van der Waals surface area (Å²) in [7, 11) is 0. The van der Waals surface area contributed by atoms with Crippen LogP contribution in [0.25, 0.3) is 0 Å². The number of carboxylic acid groups (broad SMARTS) is 1. The van der Waals surface area contributed by atoms with Crippen molar-refractivity contribution in [1.29, 1.82) is 0 Å². The minimum absolute atomic E-state index is 0.0259. The summed E-state index contributed by atoms with van der Waals surface area (Å²) in [6.07, 6.45) is 1.51. The molecule has 3 aromatic rings. The Kier molecular flexibility index (Phi) is 6.70. The molecular formula is C24H28N2O3. The van der Waals surface area contributed by atoms with E-state index in [0.29, 0.717) is 13.2 Å². The molecule has 1 heterocycles. The fourth-order valence-electron chi connectivity index (χ4n) is 3.59. The minimum Gasteiger partial charge on any atom is -0.489 e. The lowest BCUT2D eigenvalue weighted by Crippen LogP contribution is -2.08. The number of hydrogen-bond acceptors (Lipinski definition) is 3. The highest BCUT2D eigenvalue weighted by Crippen LogP contribution is 2.20. The van der Waals surface area contributed by atoms with E-state index in [9.17, 15) is 9.90 Å². The van der Waals surface area contributed by atoms with Crippen molar-refractivity contribution in [2.45, 2.75) is 53.2 Å². The molecule has 29 heavy (non-hydrogen) atoms. The van der Waals surface area contributed by atoms with Crippen molar-refractivity contribution in [3.63, 3.8) is 0 Å². The van der Waals surface area contributed by atoms with E-state index in [4.69, 9.17) is 4.74 Å². The maximum Gasteiger partial charge on any atom is 0.307 e. The van der Waals surface area contributed by atoms with Crippen LogP contribution in [-0.2, 0) is 37.2 Å². The smallest absolute Gasteiger partial charge is 0.307 e. The second-order valence-electron chi connectivity index (χ2n) is 7.23. The number of nitrogens with zero attached hydrogens (tertiary/aromatic N) is 2. The summed E-state index contributed by atoms with van der Waals surface area (Å²) in [5.74, 6) is 0.0105. The Balaban J connectivity index is 1.71. The second-order valence-corrected chi connectivity index (χ2v) is 7.23. The van der Waals surface area contributed by atoms with Crippen LogP contribution in [0.4, 0.5) is 0 Å². The number of carboxylic acids is 1. The molecule has 0 aliphatic carbocycles. The summed E-state index contributed by atoms with van der Waals surface area (Å²) in [5.41, 5.74) is 6.22. The molecule has 0 atom stereocenters. The molecule has 5 heteroatoms. The van der Waals surface area contributed by atoms with Gasteiger partial charge in [-0.15, -0.1) is 0 Å². The van der Waals surface area contributed by atoms with E-state index >= 15 is 0 Å². The topological polar surface area (TPSA) is 64.4 Å². The molecule has 0 saturated carbocycles. The fraction of sp³-hybridized carbons (Fsp3) is 0.333. The average molecular weight is 392 g/mol. The molecule has 0 aliphatic rings. The Bertz CT molecular complexity index is 974. The molecule has 5 nitrogen and oxygen atoms in total. The predicted octanol–water partition coefficient (Wildman–Crippen LogP) is 4.57. The number of aryl methyl sites for hydroxylation is 2. The van der Waals surface area contributed by atoms with Crippen LogP contribution in [0.15, 0.2) is 48.5 Å². The zero-order chi connectivity index (χ0) is 20.8. The summed E-state index contributed by atoms with van der Waals surface area (Å²) < 4.78 is 7.84. The molecule has 0 saturated heterocycles. The van der Waals surface area contributed by atoms with Crippen LogP contribution in [-0.4, -0.2) is 20.9 Å².